The zero-order valence-electron chi connectivity index (χ0n) is 22.5. The Morgan fingerprint density at radius 1 is 1.07 bits per heavy atom. The number of anilines is 3. The van der Waals surface area contributed by atoms with Crippen LogP contribution in [-0.2, 0) is 22.1 Å². The van der Waals surface area contributed by atoms with Gasteiger partial charge in [0, 0.05) is 50.0 Å². The molecule has 41 heavy (non-hydrogen) atoms. The van der Waals surface area contributed by atoms with Gasteiger partial charge in [0.05, 0.1) is 37.6 Å². The number of alkyl halides is 3. The fourth-order valence-corrected chi connectivity index (χ4v) is 4.69. The molecule has 2 N–H and O–H groups in total. The number of amides is 1. The van der Waals surface area contributed by atoms with E-state index in [-0.39, 0.29) is 24.5 Å². The third-order valence-electron chi connectivity index (χ3n) is 6.82. The van der Waals surface area contributed by atoms with Crippen LogP contribution in [0.1, 0.15) is 29.2 Å². The number of rotatable bonds is 9. The lowest BCUT2D eigenvalue weighted by molar-refractivity contribution is -0.143. The van der Waals surface area contributed by atoms with E-state index in [0.29, 0.717) is 43.8 Å². The van der Waals surface area contributed by atoms with E-state index in [4.69, 9.17) is 9.47 Å². The van der Waals surface area contributed by atoms with Gasteiger partial charge in [0.25, 0.3) is 0 Å². The fraction of sp³-hybridized carbons (Fsp3) is 0.357. The molecule has 1 aliphatic heterocycles. The highest BCUT2D eigenvalue weighted by Crippen LogP contribution is 2.38. The van der Waals surface area contributed by atoms with Crippen LogP contribution in [0.4, 0.5) is 35.3 Å². The predicted molar refractivity (Wildman–Crippen MR) is 145 cm³/mol. The van der Waals surface area contributed by atoms with Crippen molar-refractivity contribution in [3.63, 3.8) is 0 Å². The number of ether oxygens (including phenoxy) is 2. The third-order valence-corrected chi connectivity index (χ3v) is 6.82. The maximum Gasteiger partial charge on any atom is 0.419 e. The first kappa shape index (κ1) is 29.4. The Kier molecular flexibility index (Phi) is 9.15. The van der Waals surface area contributed by atoms with Crippen LogP contribution in [0.3, 0.4) is 0 Å². The molecule has 0 radical (unpaired) electrons. The summed E-state index contributed by atoms with van der Waals surface area (Å²) in [6.45, 7) is 1.71. The maximum absolute atomic E-state index is 14.1. The predicted octanol–water partition coefficient (Wildman–Crippen LogP) is 4.94. The van der Waals surface area contributed by atoms with Gasteiger partial charge in [0.15, 0.2) is 0 Å². The number of carbonyl (C=O) groups is 2. The Bertz CT molecular complexity index is 1360. The summed E-state index contributed by atoms with van der Waals surface area (Å²) in [6, 6.07) is 14.1. The Morgan fingerprint density at radius 3 is 2.39 bits per heavy atom. The molecule has 1 saturated heterocycles. The topological polar surface area (TPSA) is 117 Å². The minimum absolute atomic E-state index is 0.1000. The summed E-state index contributed by atoms with van der Waals surface area (Å²) in [5.74, 6) is -1.30. The van der Waals surface area contributed by atoms with Crippen molar-refractivity contribution in [3.8, 4) is 5.75 Å². The van der Waals surface area contributed by atoms with E-state index in [9.17, 15) is 27.9 Å². The summed E-state index contributed by atoms with van der Waals surface area (Å²) in [5.41, 5.74) is 0.599. The molecule has 4 rings (SSSR count). The van der Waals surface area contributed by atoms with E-state index < -0.39 is 29.7 Å². The second kappa shape index (κ2) is 12.7. The maximum atomic E-state index is 14.1. The molecule has 1 aromatic heterocycles. The standard InChI is InChI=1S/C28H30F3N5O5/c1-40-23-16-20(35-10-12-36(13-11-35)27(38)39)8-9-22(23)33-26-32-17-21(28(29,30)31)25(34-26)19(15-24(37)41-2)14-18-6-4-3-5-7-18/h3-9,16-17,19H,10-15H2,1-2H3,(H,38,39)(H,32,33,34). The molecule has 2 aromatic carbocycles. The van der Waals surface area contributed by atoms with Crippen LogP contribution in [0, 0.1) is 0 Å². The molecule has 1 aliphatic rings. The Balaban J connectivity index is 1.64. The van der Waals surface area contributed by atoms with E-state index in [1.54, 1.807) is 48.5 Å². The molecule has 1 atom stereocenters. The van der Waals surface area contributed by atoms with Crippen LogP contribution >= 0.6 is 0 Å². The number of aromatic nitrogens is 2. The van der Waals surface area contributed by atoms with Gasteiger partial charge in [-0.05, 0) is 24.1 Å². The summed E-state index contributed by atoms with van der Waals surface area (Å²) >= 11 is 0. The summed E-state index contributed by atoms with van der Waals surface area (Å²) < 4.78 is 52.5. The lowest BCUT2D eigenvalue weighted by atomic mass is 9.90. The molecule has 10 nitrogen and oxygen atoms in total. The highest BCUT2D eigenvalue weighted by molar-refractivity contribution is 5.71. The van der Waals surface area contributed by atoms with Crippen molar-refractivity contribution in [3.05, 3.63) is 71.5 Å². The number of piperazine rings is 1. The monoisotopic (exact) mass is 573 g/mol. The van der Waals surface area contributed by atoms with Crippen molar-refractivity contribution in [2.45, 2.75) is 24.9 Å². The summed E-state index contributed by atoms with van der Waals surface area (Å²) in [4.78, 5) is 34.9. The van der Waals surface area contributed by atoms with Gasteiger partial charge in [-0.3, -0.25) is 4.79 Å². The van der Waals surface area contributed by atoms with Crippen molar-refractivity contribution in [2.24, 2.45) is 0 Å². The van der Waals surface area contributed by atoms with Gasteiger partial charge in [0.2, 0.25) is 5.95 Å². The van der Waals surface area contributed by atoms with Crippen molar-refractivity contribution in [1.29, 1.82) is 0 Å². The second-order valence-electron chi connectivity index (χ2n) is 9.42. The van der Waals surface area contributed by atoms with Crippen molar-refractivity contribution < 1.29 is 37.3 Å². The number of esters is 1. The lowest BCUT2D eigenvalue weighted by Crippen LogP contribution is -2.48. The summed E-state index contributed by atoms with van der Waals surface area (Å²) in [7, 11) is 2.64. The highest BCUT2D eigenvalue weighted by atomic mass is 19.4. The normalized spacial score (nSPS) is 14.4. The van der Waals surface area contributed by atoms with Gasteiger partial charge in [-0.15, -0.1) is 0 Å². The van der Waals surface area contributed by atoms with E-state index in [1.165, 1.54) is 19.1 Å². The van der Waals surface area contributed by atoms with Crippen LogP contribution in [0.5, 0.6) is 5.75 Å². The van der Waals surface area contributed by atoms with E-state index >= 15 is 0 Å². The van der Waals surface area contributed by atoms with Crippen molar-refractivity contribution in [1.82, 2.24) is 14.9 Å². The number of benzene rings is 2. The van der Waals surface area contributed by atoms with Gasteiger partial charge < -0.3 is 29.7 Å². The molecular weight excluding hydrogens is 543 g/mol. The molecule has 0 spiro atoms. The molecule has 1 amide bonds. The third kappa shape index (κ3) is 7.35. The Labute approximate surface area is 234 Å². The smallest absolute Gasteiger partial charge is 0.419 e. The molecule has 218 valence electrons. The zero-order chi connectivity index (χ0) is 29.6. The van der Waals surface area contributed by atoms with E-state index in [1.807, 2.05) is 4.90 Å². The molecule has 1 fully saturated rings. The first-order valence-electron chi connectivity index (χ1n) is 12.8. The number of nitrogens with one attached hydrogen (secondary N) is 1. The van der Waals surface area contributed by atoms with Crippen LogP contribution in [0.15, 0.2) is 54.7 Å². The van der Waals surface area contributed by atoms with Crippen LogP contribution in [0.2, 0.25) is 0 Å². The number of hydrogen-bond donors (Lipinski definition) is 2. The molecule has 0 aliphatic carbocycles. The van der Waals surface area contributed by atoms with Crippen LogP contribution in [0.25, 0.3) is 0 Å². The zero-order valence-corrected chi connectivity index (χ0v) is 22.5. The minimum Gasteiger partial charge on any atom is -0.494 e. The molecule has 3 aromatic rings. The number of carboxylic acid groups (broad SMARTS) is 1. The Hall–Kier alpha value is -4.55. The number of nitrogens with zero attached hydrogens (tertiary/aromatic N) is 4. The second-order valence-corrected chi connectivity index (χ2v) is 9.42. The van der Waals surface area contributed by atoms with Crippen LogP contribution < -0.4 is 15.0 Å². The van der Waals surface area contributed by atoms with Crippen molar-refractivity contribution in [2.75, 3.05) is 50.6 Å². The molecule has 2 heterocycles. The average Bonchev–Trinajstić information content (AvgIpc) is 2.97. The average molecular weight is 574 g/mol. The molecule has 0 saturated carbocycles. The SMILES string of the molecule is COC(=O)CC(Cc1ccccc1)c1nc(Nc2ccc(N3CCN(C(=O)O)CC3)cc2OC)ncc1C(F)(F)F. The summed E-state index contributed by atoms with van der Waals surface area (Å²) in [5, 5.41) is 12.1. The largest absolute Gasteiger partial charge is 0.494 e. The number of halogens is 3. The molecular formula is C28H30F3N5O5. The summed E-state index contributed by atoms with van der Waals surface area (Å²) in [6.07, 6.45) is -5.18. The first-order chi connectivity index (χ1) is 19.6. The molecule has 0 bridgehead atoms. The number of hydrogen-bond acceptors (Lipinski definition) is 8. The van der Waals surface area contributed by atoms with E-state index in [2.05, 4.69) is 15.3 Å². The number of carbonyl (C=O) groups excluding carboxylic acids is 1. The van der Waals surface area contributed by atoms with Crippen molar-refractivity contribution >= 4 is 29.4 Å². The number of methoxy groups -OCH3 is 2. The van der Waals surface area contributed by atoms with Crippen LogP contribution in [-0.4, -0.2) is 72.4 Å². The molecule has 1 unspecified atom stereocenters. The van der Waals surface area contributed by atoms with E-state index in [0.717, 1.165) is 11.3 Å². The molecule has 13 heteroatoms. The van der Waals surface area contributed by atoms with Gasteiger partial charge in [-0.25, -0.2) is 14.8 Å². The lowest BCUT2D eigenvalue weighted by Gasteiger charge is -2.34. The van der Waals surface area contributed by atoms with Gasteiger partial charge >= 0.3 is 18.2 Å². The van der Waals surface area contributed by atoms with Gasteiger partial charge in [-0.2, -0.15) is 13.2 Å². The quantitative estimate of drug-likeness (QED) is 0.344. The van der Waals surface area contributed by atoms with Gasteiger partial charge in [-0.1, -0.05) is 30.3 Å². The minimum atomic E-state index is -4.75. The Morgan fingerprint density at radius 2 is 1.78 bits per heavy atom. The fourth-order valence-electron chi connectivity index (χ4n) is 4.69. The van der Waals surface area contributed by atoms with Gasteiger partial charge in [0.1, 0.15) is 5.75 Å². The first-order valence-corrected chi connectivity index (χ1v) is 12.8. The highest BCUT2D eigenvalue weighted by Gasteiger charge is 2.38.